The molecule has 1 aliphatic heterocycles. The van der Waals surface area contributed by atoms with Gasteiger partial charge in [-0.25, -0.2) is 9.37 Å². The van der Waals surface area contributed by atoms with E-state index in [4.69, 9.17) is 5.41 Å². The molecular formula is C19H24FN5. The lowest BCUT2D eigenvalue weighted by molar-refractivity contribution is 0.147. The average Bonchev–Trinajstić information content (AvgIpc) is 2.58. The highest BCUT2D eigenvalue weighted by atomic mass is 19.1. The maximum absolute atomic E-state index is 14.2. The molecule has 2 aromatic heterocycles. The molecule has 1 fully saturated rings. The summed E-state index contributed by atoms with van der Waals surface area (Å²) in [5.74, 6) is 0.723. The van der Waals surface area contributed by atoms with E-state index in [-0.39, 0.29) is 16.8 Å². The number of halogens is 1. The molecule has 0 saturated carbocycles. The van der Waals surface area contributed by atoms with Crippen molar-refractivity contribution in [3.63, 3.8) is 0 Å². The highest BCUT2D eigenvalue weighted by Gasteiger charge is 2.37. The first-order valence-electron chi connectivity index (χ1n) is 8.60. The number of nitrogens with one attached hydrogen (secondary N) is 3. The molecule has 0 spiro atoms. The number of aromatic nitrogens is 2. The standard InChI is InChI=1S/C19H24FN5/c1-13(2)8-19(10-23-11-19)12-24-16-6-5-15(20)18(25-16)17(21)14-4-3-7-22-9-14/h3-7,9,13,21,23H,8,10-12H2,1-2H3,(H,24,25). The maximum atomic E-state index is 14.2. The molecule has 0 atom stereocenters. The van der Waals surface area contributed by atoms with Crippen molar-refractivity contribution in [2.75, 3.05) is 25.0 Å². The van der Waals surface area contributed by atoms with E-state index in [0.29, 0.717) is 17.3 Å². The Hall–Kier alpha value is -2.34. The van der Waals surface area contributed by atoms with Gasteiger partial charge in [-0.3, -0.25) is 10.4 Å². The minimum absolute atomic E-state index is 0.0384. The van der Waals surface area contributed by atoms with Gasteiger partial charge in [0.25, 0.3) is 0 Å². The van der Waals surface area contributed by atoms with Gasteiger partial charge in [-0.1, -0.05) is 13.8 Å². The molecule has 3 N–H and O–H groups in total. The lowest BCUT2D eigenvalue weighted by Gasteiger charge is -2.44. The van der Waals surface area contributed by atoms with Crippen molar-refractivity contribution in [1.29, 1.82) is 5.41 Å². The summed E-state index contributed by atoms with van der Waals surface area (Å²) in [5, 5.41) is 14.9. The molecule has 2 aromatic rings. The van der Waals surface area contributed by atoms with E-state index in [2.05, 4.69) is 34.4 Å². The first-order chi connectivity index (χ1) is 12.0. The number of pyridine rings is 2. The second-order valence-electron chi connectivity index (χ2n) is 7.20. The molecule has 0 amide bonds. The average molecular weight is 341 g/mol. The molecule has 0 radical (unpaired) electrons. The molecule has 6 heteroatoms. The van der Waals surface area contributed by atoms with E-state index < -0.39 is 5.82 Å². The molecule has 0 bridgehead atoms. The summed E-state index contributed by atoms with van der Waals surface area (Å²) in [5.41, 5.74) is 0.853. The third-order valence-corrected chi connectivity index (χ3v) is 4.52. The van der Waals surface area contributed by atoms with Crippen molar-refractivity contribution in [3.05, 3.63) is 53.7 Å². The van der Waals surface area contributed by atoms with Crippen LogP contribution in [0.3, 0.4) is 0 Å². The summed E-state index contributed by atoms with van der Waals surface area (Å²) in [4.78, 5) is 8.31. The lowest BCUT2D eigenvalue weighted by Crippen LogP contribution is -2.57. The van der Waals surface area contributed by atoms with Crippen LogP contribution >= 0.6 is 0 Å². The number of nitrogens with zero attached hydrogens (tertiary/aromatic N) is 2. The van der Waals surface area contributed by atoms with Crippen molar-refractivity contribution >= 4 is 11.5 Å². The smallest absolute Gasteiger partial charge is 0.151 e. The van der Waals surface area contributed by atoms with Gasteiger partial charge in [-0.15, -0.1) is 0 Å². The Bertz CT molecular complexity index is 741. The van der Waals surface area contributed by atoms with Crippen LogP contribution < -0.4 is 10.6 Å². The number of rotatable bonds is 7. The van der Waals surface area contributed by atoms with Crippen molar-refractivity contribution < 1.29 is 4.39 Å². The van der Waals surface area contributed by atoms with Crippen LogP contribution in [0.25, 0.3) is 0 Å². The topological polar surface area (TPSA) is 73.7 Å². The number of hydrogen-bond donors (Lipinski definition) is 3. The van der Waals surface area contributed by atoms with E-state index in [1.165, 1.54) is 6.07 Å². The van der Waals surface area contributed by atoms with E-state index in [9.17, 15) is 4.39 Å². The van der Waals surface area contributed by atoms with Gasteiger partial charge in [0.1, 0.15) is 11.5 Å². The second-order valence-corrected chi connectivity index (χ2v) is 7.20. The van der Waals surface area contributed by atoms with Crippen molar-refractivity contribution in [2.45, 2.75) is 20.3 Å². The Morgan fingerprint density at radius 3 is 2.76 bits per heavy atom. The minimum Gasteiger partial charge on any atom is -0.369 e. The quantitative estimate of drug-likeness (QED) is 0.677. The van der Waals surface area contributed by atoms with Gasteiger partial charge >= 0.3 is 0 Å². The Morgan fingerprint density at radius 1 is 1.36 bits per heavy atom. The summed E-state index contributed by atoms with van der Waals surface area (Å²) < 4.78 is 14.2. The van der Waals surface area contributed by atoms with Crippen LogP contribution in [-0.4, -0.2) is 35.3 Å². The Kier molecular flexibility index (Phi) is 5.08. The van der Waals surface area contributed by atoms with Gasteiger partial charge in [-0.05, 0) is 36.6 Å². The van der Waals surface area contributed by atoms with Crippen LogP contribution in [0.15, 0.2) is 36.7 Å². The predicted molar refractivity (Wildman–Crippen MR) is 97.6 cm³/mol. The van der Waals surface area contributed by atoms with Gasteiger partial charge in [0.15, 0.2) is 5.82 Å². The fraction of sp³-hybridized carbons (Fsp3) is 0.421. The van der Waals surface area contributed by atoms with Gasteiger partial charge in [0.05, 0.1) is 5.71 Å². The largest absolute Gasteiger partial charge is 0.369 e. The molecule has 0 aromatic carbocycles. The third-order valence-electron chi connectivity index (χ3n) is 4.52. The highest BCUT2D eigenvalue weighted by molar-refractivity contribution is 6.09. The summed E-state index contributed by atoms with van der Waals surface area (Å²) in [6.07, 6.45) is 4.30. The molecule has 0 unspecified atom stereocenters. The van der Waals surface area contributed by atoms with E-state index in [1.54, 1.807) is 30.6 Å². The Balaban J connectivity index is 1.74. The first kappa shape index (κ1) is 17.5. The summed E-state index contributed by atoms with van der Waals surface area (Å²) in [7, 11) is 0. The van der Waals surface area contributed by atoms with Gasteiger partial charge in [0.2, 0.25) is 0 Å². The zero-order chi connectivity index (χ0) is 17.9. The monoisotopic (exact) mass is 341 g/mol. The summed E-state index contributed by atoms with van der Waals surface area (Å²) >= 11 is 0. The van der Waals surface area contributed by atoms with Crippen LogP contribution in [0.5, 0.6) is 0 Å². The normalized spacial score (nSPS) is 15.7. The molecule has 3 heterocycles. The molecule has 0 aliphatic carbocycles. The van der Waals surface area contributed by atoms with Crippen LogP contribution in [-0.2, 0) is 0 Å². The lowest BCUT2D eigenvalue weighted by atomic mass is 9.75. The van der Waals surface area contributed by atoms with E-state index in [1.807, 2.05) is 0 Å². The highest BCUT2D eigenvalue weighted by Crippen LogP contribution is 2.31. The molecule has 3 rings (SSSR count). The zero-order valence-corrected chi connectivity index (χ0v) is 14.6. The van der Waals surface area contributed by atoms with Gasteiger partial charge in [-0.2, -0.15) is 0 Å². The Labute approximate surface area is 147 Å². The van der Waals surface area contributed by atoms with E-state index >= 15 is 0 Å². The van der Waals surface area contributed by atoms with Crippen LogP contribution in [0, 0.1) is 22.6 Å². The molecule has 132 valence electrons. The number of hydrogen-bond acceptors (Lipinski definition) is 5. The van der Waals surface area contributed by atoms with Crippen LogP contribution in [0.4, 0.5) is 10.2 Å². The summed E-state index contributed by atoms with van der Waals surface area (Å²) in [6, 6.07) is 6.45. The van der Waals surface area contributed by atoms with Crippen LogP contribution in [0.2, 0.25) is 0 Å². The predicted octanol–water partition coefficient (Wildman–Crippen LogP) is 3.08. The second kappa shape index (κ2) is 7.27. The van der Waals surface area contributed by atoms with Crippen molar-refractivity contribution in [1.82, 2.24) is 15.3 Å². The first-order valence-corrected chi connectivity index (χ1v) is 8.60. The SMILES string of the molecule is CC(C)CC1(CNc2ccc(F)c(C(=N)c3cccnc3)n2)CNC1. The maximum Gasteiger partial charge on any atom is 0.151 e. The zero-order valence-electron chi connectivity index (χ0n) is 14.6. The fourth-order valence-electron chi connectivity index (χ4n) is 3.33. The molecular weight excluding hydrogens is 317 g/mol. The van der Waals surface area contributed by atoms with Gasteiger partial charge < -0.3 is 10.6 Å². The van der Waals surface area contributed by atoms with Crippen molar-refractivity contribution in [2.24, 2.45) is 11.3 Å². The number of anilines is 1. The Morgan fingerprint density at radius 2 is 2.16 bits per heavy atom. The molecule has 1 saturated heterocycles. The van der Waals surface area contributed by atoms with Crippen LogP contribution in [0.1, 0.15) is 31.5 Å². The van der Waals surface area contributed by atoms with Gasteiger partial charge in [0, 0.05) is 43.0 Å². The third kappa shape index (κ3) is 4.02. The minimum atomic E-state index is -0.499. The molecule has 25 heavy (non-hydrogen) atoms. The summed E-state index contributed by atoms with van der Waals surface area (Å²) in [6.45, 7) is 7.21. The fourth-order valence-corrected chi connectivity index (χ4v) is 3.33. The molecule has 5 nitrogen and oxygen atoms in total. The van der Waals surface area contributed by atoms with Crippen molar-refractivity contribution in [3.8, 4) is 0 Å². The molecule has 1 aliphatic rings. The van der Waals surface area contributed by atoms with E-state index in [0.717, 1.165) is 26.1 Å².